The van der Waals surface area contributed by atoms with Crippen LogP contribution in [-0.4, -0.2) is 50.3 Å². The van der Waals surface area contributed by atoms with Gasteiger partial charge in [0.25, 0.3) is 0 Å². The molecule has 0 aromatic rings. The highest BCUT2D eigenvalue weighted by molar-refractivity contribution is 4.83. The number of ether oxygens (including phenoxy) is 1. The molecule has 0 aromatic carbocycles. The van der Waals surface area contributed by atoms with Gasteiger partial charge in [-0.05, 0) is 50.6 Å². The summed E-state index contributed by atoms with van der Waals surface area (Å²) in [7, 11) is 0. The van der Waals surface area contributed by atoms with Crippen molar-refractivity contribution in [2.24, 2.45) is 11.8 Å². The Kier molecular flexibility index (Phi) is 5.93. The predicted octanol–water partition coefficient (Wildman–Crippen LogP) is 2.12. The average molecular weight is 254 g/mol. The number of rotatable bonds is 5. The first-order valence-electron chi connectivity index (χ1n) is 7.83. The molecule has 3 atom stereocenters. The van der Waals surface area contributed by atoms with Crippen molar-refractivity contribution in [1.82, 2.24) is 10.2 Å². The summed E-state index contributed by atoms with van der Waals surface area (Å²) < 4.78 is 5.59. The summed E-state index contributed by atoms with van der Waals surface area (Å²) in [5, 5.41) is 3.69. The number of nitrogens with zero attached hydrogens (tertiary/aromatic N) is 1. The molecule has 2 fully saturated rings. The molecule has 2 saturated heterocycles. The highest BCUT2D eigenvalue weighted by Crippen LogP contribution is 2.21. The molecule has 2 aliphatic rings. The first-order chi connectivity index (χ1) is 8.79. The molecular formula is C15H30N2O. The van der Waals surface area contributed by atoms with Crippen molar-refractivity contribution in [3.05, 3.63) is 0 Å². The minimum Gasteiger partial charge on any atom is -0.381 e. The van der Waals surface area contributed by atoms with Crippen LogP contribution in [0.4, 0.5) is 0 Å². The lowest BCUT2D eigenvalue weighted by atomic mass is 9.92. The van der Waals surface area contributed by atoms with Crippen LogP contribution >= 0.6 is 0 Å². The van der Waals surface area contributed by atoms with E-state index in [2.05, 4.69) is 24.1 Å². The average Bonchev–Trinajstić information content (AvgIpc) is 2.39. The molecule has 0 spiro atoms. The Hall–Kier alpha value is -0.120. The summed E-state index contributed by atoms with van der Waals surface area (Å²) in [5.74, 6) is 1.57. The standard InChI is InChI=1S/C15H30N2O/c1-3-7-16-15-6-8-17(10-13(15)2)11-14-5-4-9-18-12-14/h13-16H,3-12H2,1-2H3. The van der Waals surface area contributed by atoms with Crippen LogP contribution in [-0.2, 0) is 4.74 Å². The molecule has 3 unspecified atom stereocenters. The second-order valence-corrected chi connectivity index (χ2v) is 6.17. The van der Waals surface area contributed by atoms with Gasteiger partial charge in [-0.15, -0.1) is 0 Å². The maximum absolute atomic E-state index is 5.59. The molecule has 0 amide bonds. The molecule has 3 nitrogen and oxygen atoms in total. The smallest absolute Gasteiger partial charge is 0.0506 e. The van der Waals surface area contributed by atoms with Crippen LogP contribution in [0.1, 0.15) is 39.5 Å². The third kappa shape index (κ3) is 4.22. The molecule has 106 valence electrons. The number of piperidine rings is 1. The second-order valence-electron chi connectivity index (χ2n) is 6.17. The monoisotopic (exact) mass is 254 g/mol. The van der Waals surface area contributed by atoms with Crippen molar-refractivity contribution in [3.8, 4) is 0 Å². The van der Waals surface area contributed by atoms with E-state index in [4.69, 9.17) is 4.74 Å². The Bertz CT molecular complexity index is 229. The molecule has 1 N–H and O–H groups in total. The van der Waals surface area contributed by atoms with Crippen molar-refractivity contribution < 1.29 is 4.74 Å². The predicted molar refractivity (Wildman–Crippen MR) is 75.8 cm³/mol. The largest absolute Gasteiger partial charge is 0.381 e. The first-order valence-corrected chi connectivity index (χ1v) is 7.83. The Morgan fingerprint density at radius 2 is 2.22 bits per heavy atom. The van der Waals surface area contributed by atoms with Crippen LogP contribution in [0.25, 0.3) is 0 Å². The van der Waals surface area contributed by atoms with E-state index in [0.29, 0.717) is 0 Å². The molecule has 18 heavy (non-hydrogen) atoms. The van der Waals surface area contributed by atoms with Gasteiger partial charge in [0.2, 0.25) is 0 Å². The SMILES string of the molecule is CCCNC1CCN(CC2CCCOC2)CC1C. The molecule has 2 rings (SSSR count). The van der Waals surface area contributed by atoms with Crippen LogP contribution < -0.4 is 5.32 Å². The zero-order valence-electron chi connectivity index (χ0n) is 12.2. The first kappa shape index (κ1) is 14.3. The van der Waals surface area contributed by atoms with Crippen LogP contribution in [0.5, 0.6) is 0 Å². The van der Waals surface area contributed by atoms with Crippen molar-refractivity contribution >= 4 is 0 Å². The third-order valence-corrected chi connectivity index (χ3v) is 4.42. The van der Waals surface area contributed by atoms with Gasteiger partial charge in [0.1, 0.15) is 0 Å². The zero-order chi connectivity index (χ0) is 12.8. The fraction of sp³-hybridized carbons (Fsp3) is 1.00. The molecule has 3 heteroatoms. The lowest BCUT2D eigenvalue weighted by molar-refractivity contribution is 0.0287. The van der Waals surface area contributed by atoms with E-state index in [1.165, 1.54) is 51.9 Å². The fourth-order valence-corrected chi connectivity index (χ4v) is 3.35. The maximum atomic E-state index is 5.59. The normalized spacial score (nSPS) is 34.7. The van der Waals surface area contributed by atoms with Gasteiger partial charge in [-0.2, -0.15) is 0 Å². The summed E-state index contributed by atoms with van der Waals surface area (Å²) in [6.07, 6.45) is 5.18. The number of nitrogens with one attached hydrogen (secondary N) is 1. The van der Waals surface area contributed by atoms with Crippen LogP contribution in [0.15, 0.2) is 0 Å². The van der Waals surface area contributed by atoms with Crippen LogP contribution in [0.2, 0.25) is 0 Å². The van der Waals surface area contributed by atoms with Gasteiger partial charge in [-0.1, -0.05) is 13.8 Å². The highest BCUT2D eigenvalue weighted by atomic mass is 16.5. The molecule has 2 heterocycles. The molecular weight excluding hydrogens is 224 g/mol. The van der Waals surface area contributed by atoms with E-state index >= 15 is 0 Å². The summed E-state index contributed by atoms with van der Waals surface area (Å²) >= 11 is 0. The van der Waals surface area contributed by atoms with Gasteiger partial charge in [-0.25, -0.2) is 0 Å². The molecule has 0 aliphatic carbocycles. The molecule has 2 aliphatic heterocycles. The van der Waals surface area contributed by atoms with Gasteiger partial charge < -0.3 is 15.0 Å². The summed E-state index contributed by atoms with van der Waals surface area (Å²) in [4.78, 5) is 2.66. The summed E-state index contributed by atoms with van der Waals surface area (Å²) in [5.41, 5.74) is 0. The number of hydrogen-bond acceptors (Lipinski definition) is 3. The van der Waals surface area contributed by atoms with Gasteiger partial charge >= 0.3 is 0 Å². The summed E-state index contributed by atoms with van der Waals surface area (Å²) in [6.45, 7) is 11.6. The Balaban J connectivity index is 1.70. The minimum absolute atomic E-state index is 0.740. The van der Waals surface area contributed by atoms with Gasteiger partial charge in [0.15, 0.2) is 0 Å². The van der Waals surface area contributed by atoms with Crippen molar-refractivity contribution in [2.45, 2.75) is 45.6 Å². The van der Waals surface area contributed by atoms with Crippen LogP contribution in [0, 0.1) is 11.8 Å². The quantitative estimate of drug-likeness (QED) is 0.813. The maximum Gasteiger partial charge on any atom is 0.0506 e. The molecule has 0 bridgehead atoms. The van der Waals surface area contributed by atoms with Crippen LogP contribution in [0.3, 0.4) is 0 Å². The topological polar surface area (TPSA) is 24.5 Å². The van der Waals surface area contributed by atoms with Crippen molar-refractivity contribution in [1.29, 1.82) is 0 Å². The van der Waals surface area contributed by atoms with Crippen molar-refractivity contribution in [2.75, 3.05) is 39.4 Å². The van der Waals surface area contributed by atoms with E-state index in [9.17, 15) is 0 Å². The Morgan fingerprint density at radius 1 is 1.33 bits per heavy atom. The molecule has 0 radical (unpaired) electrons. The van der Waals surface area contributed by atoms with E-state index in [1.54, 1.807) is 0 Å². The minimum atomic E-state index is 0.740. The zero-order valence-corrected chi connectivity index (χ0v) is 12.2. The van der Waals surface area contributed by atoms with E-state index in [-0.39, 0.29) is 0 Å². The molecule has 0 saturated carbocycles. The summed E-state index contributed by atoms with van der Waals surface area (Å²) in [6, 6.07) is 0.740. The second kappa shape index (κ2) is 7.46. The van der Waals surface area contributed by atoms with E-state index in [0.717, 1.165) is 31.1 Å². The fourth-order valence-electron chi connectivity index (χ4n) is 3.35. The van der Waals surface area contributed by atoms with E-state index in [1.807, 2.05) is 0 Å². The van der Waals surface area contributed by atoms with E-state index < -0.39 is 0 Å². The number of likely N-dealkylation sites (tertiary alicyclic amines) is 1. The Labute approximate surface area is 112 Å². The van der Waals surface area contributed by atoms with Gasteiger partial charge in [0, 0.05) is 25.7 Å². The molecule has 0 aromatic heterocycles. The third-order valence-electron chi connectivity index (χ3n) is 4.42. The van der Waals surface area contributed by atoms with Gasteiger partial charge in [-0.3, -0.25) is 0 Å². The van der Waals surface area contributed by atoms with Gasteiger partial charge in [0.05, 0.1) is 6.61 Å². The lowest BCUT2D eigenvalue weighted by Crippen LogP contribution is -2.49. The Morgan fingerprint density at radius 3 is 2.89 bits per heavy atom. The highest BCUT2D eigenvalue weighted by Gasteiger charge is 2.27. The van der Waals surface area contributed by atoms with Crippen molar-refractivity contribution in [3.63, 3.8) is 0 Å². The number of hydrogen-bond donors (Lipinski definition) is 1. The lowest BCUT2D eigenvalue weighted by Gasteiger charge is -2.39.